The molecule has 2 aliphatic carbocycles. The van der Waals surface area contributed by atoms with Gasteiger partial charge in [-0.2, -0.15) is 0 Å². The molecule has 0 radical (unpaired) electrons. The van der Waals surface area contributed by atoms with E-state index in [1.54, 1.807) is 10.4 Å². The van der Waals surface area contributed by atoms with E-state index in [0.29, 0.717) is 0 Å². The topological polar surface area (TPSA) is 24.1 Å². The van der Waals surface area contributed by atoms with Crippen molar-refractivity contribution < 1.29 is 0 Å². The van der Waals surface area contributed by atoms with Crippen LogP contribution in [0.1, 0.15) is 94.2 Å². The largest absolute Gasteiger partial charge is 0.329 e. The van der Waals surface area contributed by atoms with E-state index in [0.717, 1.165) is 0 Å². The number of hydrogen-bond acceptors (Lipinski definition) is 2. The first-order valence-electron chi connectivity index (χ1n) is 14.5. The van der Waals surface area contributed by atoms with Crippen molar-refractivity contribution in [2.24, 2.45) is 0 Å². The zero-order chi connectivity index (χ0) is 29.3. The van der Waals surface area contributed by atoms with Crippen LogP contribution in [-0.4, -0.2) is 27.5 Å². The van der Waals surface area contributed by atoms with Crippen LogP contribution >= 0.6 is 0 Å². The third-order valence-corrected chi connectivity index (χ3v) is 15.6. The summed E-state index contributed by atoms with van der Waals surface area (Å²) in [4.78, 5) is 7.98. The molecule has 0 saturated carbocycles. The molecule has 0 bridgehead atoms. The Hall–Kier alpha value is -1.47. The summed E-state index contributed by atoms with van der Waals surface area (Å²) in [6.45, 7) is 37.7. The summed E-state index contributed by atoms with van der Waals surface area (Å²) in [5, 5.41) is 3.11. The number of benzene rings is 1. The summed E-state index contributed by atoms with van der Waals surface area (Å²) in [6, 6.07) is 9.58. The summed E-state index contributed by atoms with van der Waals surface area (Å²) in [7, 11) is -3.60. The molecule has 1 aromatic carbocycles. The van der Waals surface area contributed by atoms with Crippen LogP contribution in [0.25, 0.3) is 0 Å². The third kappa shape index (κ3) is 5.70. The highest BCUT2D eigenvalue weighted by molar-refractivity contribution is 6.83. The van der Waals surface area contributed by atoms with E-state index in [-0.39, 0.29) is 21.9 Å². The van der Waals surface area contributed by atoms with Crippen LogP contribution in [0.4, 0.5) is 0 Å². The molecule has 2 atom stereocenters. The molecule has 2 nitrogen and oxygen atoms in total. The van der Waals surface area contributed by atoms with E-state index in [4.69, 9.17) is 0 Å². The Balaban J connectivity index is 2.01. The van der Waals surface area contributed by atoms with Crippen molar-refractivity contribution in [2.45, 2.75) is 131 Å². The molecule has 0 amide bonds. The second kappa shape index (κ2) is 9.57. The Morgan fingerprint density at radius 2 is 0.816 bits per heavy atom. The zero-order valence-electron chi connectivity index (χ0n) is 27.5. The lowest BCUT2D eigenvalue weighted by molar-refractivity contribution is 0.513. The van der Waals surface area contributed by atoms with Crippen LogP contribution in [0.15, 0.2) is 69.1 Å². The van der Waals surface area contributed by atoms with Gasteiger partial charge in [0, 0.05) is 21.9 Å². The van der Waals surface area contributed by atoms with Gasteiger partial charge in [0.1, 0.15) is 0 Å². The van der Waals surface area contributed by atoms with Gasteiger partial charge >= 0.3 is 0 Å². The molecule has 0 aromatic heterocycles. The molecule has 2 unspecified atom stereocenters. The predicted octanol–water partition coefficient (Wildman–Crippen LogP) is 9.02. The Labute approximate surface area is 237 Å². The van der Waals surface area contributed by atoms with Crippen molar-refractivity contribution in [2.75, 3.05) is 0 Å². The second-order valence-electron chi connectivity index (χ2n) is 15.6. The van der Waals surface area contributed by atoms with Crippen LogP contribution in [-0.2, 0) is 10.8 Å². The van der Waals surface area contributed by atoms with Crippen LogP contribution in [0.2, 0.25) is 26.2 Å². The van der Waals surface area contributed by atoms with Crippen molar-refractivity contribution in [3.05, 3.63) is 80.2 Å². The van der Waals surface area contributed by atoms with Crippen molar-refractivity contribution in [3.63, 3.8) is 0 Å². The van der Waals surface area contributed by atoms with E-state index < -0.39 is 16.5 Å². The van der Waals surface area contributed by atoms with Gasteiger partial charge in [0.15, 0.2) is 16.5 Å². The lowest BCUT2D eigenvalue weighted by atomic mass is 9.74. The Kier molecular flexibility index (Phi) is 7.83. The molecule has 2 N–H and O–H groups in total. The van der Waals surface area contributed by atoms with Gasteiger partial charge in [0.25, 0.3) is 0 Å². The molecule has 3 rings (SSSR count). The van der Waals surface area contributed by atoms with Crippen molar-refractivity contribution in [1.29, 1.82) is 0 Å². The van der Waals surface area contributed by atoms with Crippen molar-refractivity contribution in [1.82, 2.24) is 9.96 Å². The SMILES string of the molecule is CC1=C(C)C(C)(c2ccc(C3(C)C=C([Si](C)(C)NC(C)(C)C)C(C)=C3C)cc2)C=C1[Si](C)(C)NC(C)(C)C. The number of allylic oxidation sites excluding steroid dienone is 8. The van der Waals surface area contributed by atoms with Crippen LogP contribution in [0.3, 0.4) is 0 Å². The van der Waals surface area contributed by atoms with Gasteiger partial charge in [0.05, 0.1) is 0 Å². The van der Waals surface area contributed by atoms with E-state index in [1.165, 1.54) is 33.4 Å². The second-order valence-corrected chi connectivity index (χ2v) is 23.7. The van der Waals surface area contributed by atoms with Gasteiger partial charge < -0.3 is 9.96 Å². The highest BCUT2D eigenvalue weighted by atomic mass is 28.3. The molecule has 1 aromatic rings. The van der Waals surface area contributed by atoms with Gasteiger partial charge in [0.2, 0.25) is 0 Å². The molecule has 0 aliphatic heterocycles. The first-order valence-corrected chi connectivity index (χ1v) is 20.5. The monoisotopic (exact) mass is 548 g/mol. The molecule has 38 heavy (non-hydrogen) atoms. The van der Waals surface area contributed by atoms with E-state index in [1.807, 2.05) is 0 Å². The summed E-state index contributed by atoms with van der Waals surface area (Å²) in [5.74, 6) is 0. The molecule has 0 spiro atoms. The van der Waals surface area contributed by atoms with Crippen molar-refractivity contribution in [3.8, 4) is 0 Å². The van der Waals surface area contributed by atoms with E-state index in [2.05, 4.69) is 156 Å². The fraction of sp³-hybridized carbons (Fsp3) is 0.588. The highest BCUT2D eigenvalue weighted by Gasteiger charge is 2.43. The molecule has 210 valence electrons. The summed E-state index contributed by atoms with van der Waals surface area (Å²) in [5.41, 5.74) is 8.80. The fourth-order valence-corrected chi connectivity index (χ4v) is 14.8. The van der Waals surface area contributed by atoms with Crippen molar-refractivity contribution >= 4 is 16.5 Å². The highest BCUT2D eigenvalue weighted by Crippen LogP contribution is 2.48. The van der Waals surface area contributed by atoms with Gasteiger partial charge in [-0.1, -0.05) is 84.9 Å². The normalized spacial score (nSPS) is 25.4. The molecular weight excluding hydrogens is 493 g/mol. The van der Waals surface area contributed by atoms with Gasteiger partial charge in [-0.05, 0) is 105 Å². The molecule has 0 fully saturated rings. The molecule has 4 heteroatoms. The maximum atomic E-state index is 3.99. The number of nitrogens with one attached hydrogen (secondary N) is 2. The lowest BCUT2D eigenvalue weighted by Gasteiger charge is -2.35. The Morgan fingerprint density at radius 1 is 0.553 bits per heavy atom. The third-order valence-electron chi connectivity index (χ3n) is 9.16. The average Bonchev–Trinajstić information content (AvgIpc) is 3.13. The Bertz CT molecular complexity index is 1130. The smallest absolute Gasteiger partial charge is 0.151 e. The van der Waals surface area contributed by atoms with Gasteiger partial charge in [-0.25, -0.2) is 0 Å². The summed E-state index contributed by atoms with van der Waals surface area (Å²) < 4.78 is 0. The van der Waals surface area contributed by atoms with Crippen LogP contribution in [0.5, 0.6) is 0 Å². The minimum atomic E-state index is -1.80. The summed E-state index contributed by atoms with van der Waals surface area (Å²) in [6.07, 6.45) is 5.16. The van der Waals surface area contributed by atoms with Crippen LogP contribution < -0.4 is 9.96 Å². The molecule has 2 aliphatic rings. The quantitative estimate of drug-likeness (QED) is 0.347. The van der Waals surface area contributed by atoms with Gasteiger partial charge in [-0.3, -0.25) is 0 Å². The first kappa shape index (κ1) is 31.1. The first-order chi connectivity index (χ1) is 16.9. The number of hydrogen-bond donors (Lipinski definition) is 2. The predicted molar refractivity (Wildman–Crippen MR) is 175 cm³/mol. The maximum absolute atomic E-state index is 3.99. The number of rotatable bonds is 6. The Morgan fingerprint density at radius 3 is 1.05 bits per heavy atom. The molecular formula is C34H56N2Si2. The van der Waals surface area contributed by atoms with Crippen LogP contribution in [0, 0.1) is 0 Å². The van der Waals surface area contributed by atoms with E-state index >= 15 is 0 Å². The fourth-order valence-electron chi connectivity index (χ4n) is 7.26. The zero-order valence-corrected chi connectivity index (χ0v) is 29.5. The standard InChI is InChI=1S/C34H56N2Si2/c1-23-25(3)33(11,21-29(23)37(13,14)35-31(5,6)7)27-17-19-28(20-18-27)34(12)22-30(24(2)26(34)4)38(15,16)36-32(8,9)10/h17-22,35-36H,1-16H3. The lowest BCUT2D eigenvalue weighted by Crippen LogP contribution is -2.55. The molecule has 0 saturated heterocycles. The molecule has 0 heterocycles. The minimum absolute atomic E-state index is 0.0638. The van der Waals surface area contributed by atoms with Gasteiger partial charge in [-0.15, -0.1) is 0 Å². The minimum Gasteiger partial charge on any atom is -0.329 e. The summed E-state index contributed by atoms with van der Waals surface area (Å²) >= 11 is 0. The van der Waals surface area contributed by atoms with E-state index in [9.17, 15) is 0 Å². The maximum Gasteiger partial charge on any atom is 0.151 e. The average molecular weight is 549 g/mol.